The number of anilines is 1. The van der Waals surface area contributed by atoms with Gasteiger partial charge in [0.05, 0.1) is 29.4 Å². The van der Waals surface area contributed by atoms with Gasteiger partial charge in [-0.05, 0) is 111 Å². The molecule has 0 aliphatic carbocycles. The van der Waals surface area contributed by atoms with Crippen LogP contribution in [0.15, 0.2) is 70.3 Å². The van der Waals surface area contributed by atoms with Crippen molar-refractivity contribution in [1.29, 1.82) is 0 Å². The molecule has 13 heteroatoms. The van der Waals surface area contributed by atoms with Crippen LogP contribution in [0.3, 0.4) is 0 Å². The number of nitrogens with zero attached hydrogens (tertiary/aromatic N) is 8. The topological polar surface area (TPSA) is 119 Å². The molecule has 0 unspecified atom stereocenters. The fourth-order valence-corrected chi connectivity index (χ4v) is 4.54. The molecule has 0 aromatic carbocycles. The number of ether oxygens (including phenoxy) is 1. The van der Waals surface area contributed by atoms with E-state index in [1.165, 1.54) is 6.92 Å². The molecule has 0 bridgehead atoms. The molecule has 0 atom stereocenters. The molecule has 2 N–H and O–H groups in total. The summed E-state index contributed by atoms with van der Waals surface area (Å²) in [6, 6.07) is 9.43. The van der Waals surface area contributed by atoms with Crippen molar-refractivity contribution in [2.24, 2.45) is 0 Å². The SMILES string of the molecule is CC(=O)c1cnc2ccc(Br)cn12.CN(C)C(OC(C)(C)C)N(C)C.Nc1nccc(-c2cnc3ccc(Br)cn23)n1. The first-order valence-electron chi connectivity index (χ1n) is 13.0. The van der Waals surface area contributed by atoms with Crippen LogP contribution in [-0.4, -0.2) is 84.5 Å². The lowest BCUT2D eigenvalue weighted by atomic mass is 10.2. The van der Waals surface area contributed by atoms with Crippen LogP contribution in [0, 0.1) is 0 Å². The zero-order chi connectivity index (χ0) is 31.2. The predicted molar refractivity (Wildman–Crippen MR) is 173 cm³/mol. The Morgan fingerprint density at radius 1 is 0.881 bits per heavy atom. The number of hydrogen-bond donors (Lipinski definition) is 1. The van der Waals surface area contributed by atoms with Gasteiger partial charge < -0.3 is 10.5 Å². The van der Waals surface area contributed by atoms with Gasteiger partial charge in [0.1, 0.15) is 17.0 Å². The van der Waals surface area contributed by atoms with Crippen LogP contribution in [0.25, 0.3) is 22.7 Å². The lowest BCUT2D eigenvalue weighted by Crippen LogP contribution is -2.46. The Labute approximate surface area is 263 Å². The molecule has 224 valence electrons. The highest BCUT2D eigenvalue weighted by Gasteiger charge is 2.21. The zero-order valence-electron chi connectivity index (χ0n) is 25.1. The van der Waals surface area contributed by atoms with E-state index in [1.807, 2.05) is 79.1 Å². The van der Waals surface area contributed by atoms with Gasteiger partial charge in [-0.2, -0.15) is 0 Å². The lowest BCUT2D eigenvalue weighted by Gasteiger charge is -2.35. The van der Waals surface area contributed by atoms with Crippen LogP contribution in [0.5, 0.6) is 0 Å². The summed E-state index contributed by atoms with van der Waals surface area (Å²) < 4.78 is 11.4. The lowest BCUT2D eigenvalue weighted by molar-refractivity contribution is -0.178. The van der Waals surface area contributed by atoms with E-state index in [4.69, 9.17) is 10.5 Å². The number of aromatic nitrogens is 6. The van der Waals surface area contributed by atoms with Crippen molar-refractivity contribution in [3.05, 3.63) is 76.0 Å². The summed E-state index contributed by atoms with van der Waals surface area (Å²) in [6.07, 6.45) is 8.81. The first-order chi connectivity index (χ1) is 19.7. The van der Waals surface area contributed by atoms with E-state index in [1.54, 1.807) is 29.1 Å². The second-order valence-electron chi connectivity index (χ2n) is 10.8. The summed E-state index contributed by atoms with van der Waals surface area (Å²) in [6.45, 7) is 7.72. The van der Waals surface area contributed by atoms with Gasteiger partial charge in [0.2, 0.25) is 5.95 Å². The molecule has 0 amide bonds. The van der Waals surface area contributed by atoms with E-state index in [2.05, 4.69) is 72.6 Å². The zero-order valence-corrected chi connectivity index (χ0v) is 28.3. The number of carbonyl (C=O) groups excluding carboxylic acids is 1. The van der Waals surface area contributed by atoms with Gasteiger partial charge in [0, 0.05) is 34.5 Å². The van der Waals surface area contributed by atoms with Crippen molar-refractivity contribution >= 4 is 54.9 Å². The molecule has 0 aliphatic heterocycles. The molecule has 0 saturated carbocycles. The monoisotopic (exact) mass is 701 g/mol. The van der Waals surface area contributed by atoms with Gasteiger partial charge >= 0.3 is 0 Å². The molecule has 11 nitrogen and oxygen atoms in total. The van der Waals surface area contributed by atoms with E-state index >= 15 is 0 Å². The minimum absolute atomic E-state index is 0.0191. The third kappa shape index (κ3) is 9.13. The number of halogens is 2. The first-order valence-corrected chi connectivity index (χ1v) is 14.6. The molecule has 0 saturated heterocycles. The van der Waals surface area contributed by atoms with Gasteiger partial charge in [-0.1, -0.05) is 0 Å². The Kier molecular flexibility index (Phi) is 11.3. The number of Topliss-reactive ketones (excluding diaryl/α,β-unsaturated/α-hetero) is 1. The quantitative estimate of drug-likeness (QED) is 0.183. The number of fused-ring (bicyclic) bond motifs is 2. The smallest absolute Gasteiger partial charge is 0.220 e. The largest absolute Gasteiger partial charge is 0.368 e. The minimum Gasteiger partial charge on any atom is -0.368 e. The molecule has 0 fully saturated rings. The maximum atomic E-state index is 11.2. The summed E-state index contributed by atoms with van der Waals surface area (Å²) in [4.78, 5) is 31.7. The molecule has 0 spiro atoms. The standard InChI is InChI=1S/C11H8BrN5.C9H7BrN2O.C9H22N2O/c12-7-1-2-10-15-5-9(17(10)6-7)8-3-4-14-11(13)16-8;1-6(13)8-4-11-9-3-2-7(10)5-12(8)9;1-9(2,3)12-8(10(4)5)11(6)7/h1-6H,(H2,13,14,16);2-5H,1H3;8H,1-7H3. The molecular formula is C29H37Br2N9O2. The van der Waals surface area contributed by atoms with Crippen molar-refractivity contribution in [2.45, 2.75) is 39.6 Å². The summed E-state index contributed by atoms with van der Waals surface area (Å²) >= 11 is 6.77. The van der Waals surface area contributed by atoms with Crippen LogP contribution in [0.1, 0.15) is 38.2 Å². The number of hydrogen-bond acceptors (Lipinski definition) is 9. The maximum Gasteiger partial charge on any atom is 0.220 e. The van der Waals surface area contributed by atoms with Crippen molar-refractivity contribution in [3.8, 4) is 11.4 Å². The van der Waals surface area contributed by atoms with Crippen LogP contribution < -0.4 is 5.73 Å². The van der Waals surface area contributed by atoms with Gasteiger partial charge in [-0.25, -0.2) is 19.9 Å². The Bertz CT molecular complexity index is 1630. The third-order valence-corrected chi connectivity index (χ3v) is 6.52. The molecule has 0 aliphatic rings. The normalized spacial score (nSPS) is 11.5. The Hall–Kier alpha value is -3.23. The van der Waals surface area contributed by atoms with Gasteiger partial charge in [-0.15, -0.1) is 0 Å². The average molecular weight is 703 g/mol. The predicted octanol–water partition coefficient (Wildman–Crippen LogP) is 5.64. The summed E-state index contributed by atoms with van der Waals surface area (Å²) in [5, 5.41) is 0. The van der Waals surface area contributed by atoms with Crippen molar-refractivity contribution in [2.75, 3.05) is 33.9 Å². The molecule has 5 aromatic rings. The first kappa shape index (κ1) is 33.3. The fraction of sp³-hybridized carbons (Fsp3) is 0.345. The molecular weight excluding hydrogens is 666 g/mol. The van der Waals surface area contributed by atoms with Crippen LogP contribution >= 0.6 is 31.9 Å². The minimum atomic E-state index is -0.0980. The van der Waals surface area contributed by atoms with Crippen molar-refractivity contribution in [3.63, 3.8) is 0 Å². The number of ketones is 1. The number of nitrogen functional groups attached to an aromatic ring is 1. The van der Waals surface area contributed by atoms with E-state index in [-0.39, 0.29) is 23.7 Å². The molecule has 0 radical (unpaired) electrons. The van der Waals surface area contributed by atoms with E-state index in [0.717, 1.165) is 31.6 Å². The molecule has 5 aromatic heterocycles. The number of imidazole rings is 2. The number of carbonyl (C=O) groups is 1. The average Bonchev–Trinajstić information content (AvgIpc) is 3.51. The highest BCUT2D eigenvalue weighted by Crippen LogP contribution is 2.21. The third-order valence-electron chi connectivity index (χ3n) is 5.58. The summed E-state index contributed by atoms with van der Waals surface area (Å²) in [5.41, 5.74) is 9.37. The Balaban J connectivity index is 0.000000177. The van der Waals surface area contributed by atoms with E-state index in [0.29, 0.717) is 5.69 Å². The second kappa shape index (κ2) is 14.3. The van der Waals surface area contributed by atoms with Gasteiger partial charge in [-0.3, -0.25) is 23.4 Å². The van der Waals surface area contributed by atoms with Crippen molar-refractivity contribution < 1.29 is 9.53 Å². The summed E-state index contributed by atoms with van der Waals surface area (Å²) in [7, 11) is 8.04. The Morgan fingerprint density at radius 3 is 1.93 bits per heavy atom. The number of pyridine rings is 2. The highest BCUT2D eigenvalue weighted by atomic mass is 79.9. The van der Waals surface area contributed by atoms with E-state index in [9.17, 15) is 4.79 Å². The molecule has 5 rings (SSSR count). The second-order valence-corrected chi connectivity index (χ2v) is 12.6. The number of rotatable bonds is 5. The van der Waals surface area contributed by atoms with E-state index < -0.39 is 0 Å². The van der Waals surface area contributed by atoms with Gasteiger partial charge in [0.25, 0.3) is 0 Å². The maximum absolute atomic E-state index is 11.2. The Morgan fingerprint density at radius 2 is 1.43 bits per heavy atom. The van der Waals surface area contributed by atoms with Gasteiger partial charge in [0.15, 0.2) is 12.1 Å². The van der Waals surface area contributed by atoms with Crippen LogP contribution in [0.4, 0.5) is 5.95 Å². The van der Waals surface area contributed by atoms with Crippen LogP contribution in [0.2, 0.25) is 0 Å². The number of nitrogens with two attached hydrogens (primary N) is 1. The highest BCUT2D eigenvalue weighted by molar-refractivity contribution is 9.10. The summed E-state index contributed by atoms with van der Waals surface area (Å²) in [5.74, 6) is 0.276. The molecule has 5 heterocycles. The van der Waals surface area contributed by atoms with Crippen LogP contribution in [-0.2, 0) is 4.74 Å². The molecule has 42 heavy (non-hydrogen) atoms. The fourth-order valence-electron chi connectivity index (χ4n) is 3.86. The van der Waals surface area contributed by atoms with Crippen molar-refractivity contribution in [1.82, 2.24) is 38.5 Å².